The van der Waals surface area contributed by atoms with Gasteiger partial charge in [-0.05, 0) is 24.3 Å². The Bertz CT molecular complexity index is 798. The van der Waals surface area contributed by atoms with Crippen LogP contribution >= 0.6 is 11.6 Å². The van der Waals surface area contributed by atoms with Crippen molar-refractivity contribution in [2.75, 3.05) is 48.4 Å². The van der Waals surface area contributed by atoms with Crippen LogP contribution in [0.2, 0.25) is 5.02 Å². The lowest BCUT2D eigenvalue weighted by Gasteiger charge is -2.31. The zero-order valence-corrected chi connectivity index (χ0v) is 14.7. The molecule has 0 aliphatic carbocycles. The number of halogens is 3. The summed E-state index contributed by atoms with van der Waals surface area (Å²) in [7, 11) is 0. The summed E-state index contributed by atoms with van der Waals surface area (Å²) in [5, 5.41) is 6.15. The maximum Gasteiger partial charge on any atom is 0.243 e. The number of carbonyl (C=O) groups is 1. The molecule has 5 nitrogen and oxygen atoms in total. The average molecular weight is 382 g/mol. The highest BCUT2D eigenvalue weighted by Crippen LogP contribution is 2.34. The van der Waals surface area contributed by atoms with Gasteiger partial charge in [-0.2, -0.15) is 0 Å². The zero-order valence-electron chi connectivity index (χ0n) is 13.9. The molecule has 1 heterocycles. The number of rotatable bonds is 5. The number of anilines is 3. The highest BCUT2D eigenvalue weighted by Gasteiger charge is 2.18. The standard InChI is InChI=1S/C18H18ClF2N3O2/c19-13-2-1-3-16(18(13)24-6-8-26-9-7-24)22-11-17(25)23-12-4-5-14(20)15(21)10-12/h1-5,10,22H,6-9,11H2,(H,23,25). The molecule has 2 aromatic rings. The second-order valence-electron chi connectivity index (χ2n) is 5.77. The molecule has 8 heteroatoms. The maximum absolute atomic E-state index is 13.2. The van der Waals surface area contributed by atoms with Crippen LogP contribution in [0.25, 0.3) is 0 Å². The average Bonchev–Trinajstić information content (AvgIpc) is 2.64. The zero-order chi connectivity index (χ0) is 18.5. The second-order valence-corrected chi connectivity index (χ2v) is 6.17. The van der Waals surface area contributed by atoms with Crippen molar-refractivity contribution in [1.29, 1.82) is 0 Å². The van der Waals surface area contributed by atoms with Crippen LogP contribution in [-0.2, 0) is 9.53 Å². The smallest absolute Gasteiger partial charge is 0.243 e. The van der Waals surface area contributed by atoms with Gasteiger partial charge in [0.25, 0.3) is 0 Å². The summed E-state index contributed by atoms with van der Waals surface area (Å²) < 4.78 is 31.5. The molecule has 3 rings (SSSR count). The molecule has 2 aromatic carbocycles. The molecular weight excluding hydrogens is 364 g/mol. The Labute approximate surface area is 154 Å². The summed E-state index contributed by atoms with van der Waals surface area (Å²) >= 11 is 6.34. The molecule has 2 N–H and O–H groups in total. The van der Waals surface area contributed by atoms with Crippen molar-refractivity contribution in [3.05, 3.63) is 53.1 Å². The molecule has 138 valence electrons. The fraction of sp³-hybridized carbons (Fsp3) is 0.278. The highest BCUT2D eigenvalue weighted by molar-refractivity contribution is 6.34. The Balaban J connectivity index is 1.66. The molecule has 0 radical (unpaired) electrons. The highest BCUT2D eigenvalue weighted by atomic mass is 35.5. The van der Waals surface area contributed by atoms with E-state index in [1.54, 1.807) is 12.1 Å². The van der Waals surface area contributed by atoms with E-state index in [1.807, 2.05) is 6.07 Å². The first kappa shape index (κ1) is 18.4. The Morgan fingerprint density at radius 1 is 1.15 bits per heavy atom. The van der Waals surface area contributed by atoms with Gasteiger partial charge in [-0.3, -0.25) is 4.79 Å². The van der Waals surface area contributed by atoms with Crippen LogP contribution in [0.5, 0.6) is 0 Å². The number of hydrogen-bond acceptors (Lipinski definition) is 4. The van der Waals surface area contributed by atoms with Gasteiger partial charge in [0.15, 0.2) is 11.6 Å². The summed E-state index contributed by atoms with van der Waals surface area (Å²) in [5.41, 5.74) is 1.73. The number of benzene rings is 2. The minimum atomic E-state index is -1.01. The van der Waals surface area contributed by atoms with Crippen molar-refractivity contribution >= 4 is 34.6 Å². The van der Waals surface area contributed by atoms with Crippen LogP contribution in [0, 0.1) is 11.6 Å². The Morgan fingerprint density at radius 3 is 2.65 bits per heavy atom. The van der Waals surface area contributed by atoms with Gasteiger partial charge in [-0.25, -0.2) is 8.78 Å². The number of ether oxygens (including phenoxy) is 1. The largest absolute Gasteiger partial charge is 0.378 e. The molecule has 0 atom stereocenters. The van der Waals surface area contributed by atoms with Crippen molar-refractivity contribution < 1.29 is 18.3 Å². The predicted molar refractivity (Wildman–Crippen MR) is 98.0 cm³/mol. The molecule has 0 unspecified atom stereocenters. The van der Waals surface area contributed by atoms with Crippen LogP contribution < -0.4 is 15.5 Å². The van der Waals surface area contributed by atoms with E-state index in [1.165, 1.54) is 6.07 Å². The number of nitrogens with one attached hydrogen (secondary N) is 2. The van der Waals surface area contributed by atoms with Crippen molar-refractivity contribution in [2.24, 2.45) is 0 Å². The van der Waals surface area contributed by atoms with Crippen molar-refractivity contribution in [2.45, 2.75) is 0 Å². The van der Waals surface area contributed by atoms with E-state index < -0.39 is 11.6 Å². The van der Waals surface area contributed by atoms with E-state index in [4.69, 9.17) is 16.3 Å². The van der Waals surface area contributed by atoms with E-state index in [2.05, 4.69) is 15.5 Å². The molecule has 26 heavy (non-hydrogen) atoms. The van der Waals surface area contributed by atoms with Gasteiger partial charge < -0.3 is 20.3 Å². The Morgan fingerprint density at radius 2 is 1.92 bits per heavy atom. The van der Waals surface area contributed by atoms with Crippen LogP contribution in [-0.4, -0.2) is 38.8 Å². The van der Waals surface area contributed by atoms with Crippen LogP contribution in [0.15, 0.2) is 36.4 Å². The van der Waals surface area contributed by atoms with Gasteiger partial charge in [0.05, 0.1) is 36.2 Å². The summed E-state index contributed by atoms with van der Waals surface area (Å²) in [6, 6.07) is 8.62. The molecule has 1 aliphatic rings. The number of nitrogens with zero attached hydrogens (tertiary/aromatic N) is 1. The number of hydrogen-bond donors (Lipinski definition) is 2. The molecule has 0 aromatic heterocycles. The van der Waals surface area contributed by atoms with Gasteiger partial charge in [0.2, 0.25) is 5.91 Å². The topological polar surface area (TPSA) is 53.6 Å². The monoisotopic (exact) mass is 381 g/mol. The first-order chi connectivity index (χ1) is 12.5. The lowest BCUT2D eigenvalue weighted by molar-refractivity contribution is -0.114. The number of morpholine rings is 1. The summed E-state index contributed by atoms with van der Waals surface area (Å²) in [4.78, 5) is 14.2. The van der Waals surface area contributed by atoms with E-state index in [0.29, 0.717) is 31.3 Å². The van der Waals surface area contributed by atoms with E-state index in [-0.39, 0.29) is 18.1 Å². The van der Waals surface area contributed by atoms with E-state index in [0.717, 1.165) is 23.5 Å². The lowest BCUT2D eigenvalue weighted by atomic mass is 10.2. The fourth-order valence-electron chi connectivity index (χ4n) is 2.72. The first-order valence-corrected chi connectivity index (χ1v) is 8.52. The summed E-state index contributed by atoms with van der Waals surface area (Å²) in [5.74, 6) is -2.36. The lowest BCUT2D eigenvalue weighted by Crippen LogP contribution is -2.37. The second kappa shape index (κ2) is 8.33. The minimum Gasteiger partial charge on any atom is -0.378 e. The van der Waals surface area contributed by atoms with Crippen LogP contribution in [0.4, 0.5) is 25.8 Å². The third kappa shape index (κ3) is 4.42. The summed E-state index contributed by atoms with van der Waals surface area (Å²) in [6.45, 7) is 2.60. The molecule has 0 bridgehead atoms. The molecule has 1 aliphatic heterocycles. The molecule has 1 saturated heterocycles. The molecular formula is C18H18ClF2N3O2. The van der Waals surface area contributed by atoms with Gasteiger partial charge in [-0.1, -0.05) is 17.7 Å². The fourth-order valence-corrected chi connectivity index (χ4v) is 3.01. The van der Waals surface area contributed by atoms with Crippen LogP contribution in [0.3, 0.4) is 0 Å². The quantitative estimate of drug-likeness (QED) is 0.832. The van der Waals surface area contributed by atoms with Crippen molar-refractivity contribution in [1.82, 2.24) is 0 Å². The van der Waals surface area contributed by atoms with Crippen LogP contribution in [0.1, 0.15) is 0 Å². The maximum atomic E-state index is 13.2. The van der Waals surface area contributed by atoms with Gasteiger partial charge >= 0.3 is 0 Å². The van der Waals surface area contributed by atoms with Gasteiger partial charge in [0.1, 0.15) is 0 Å². The first-order valence-electron chi connectivity index (χ1n) is 8.14. The van der Waals surface area contributed by atoms with Gasteiger partial charge in [-0.15, -0.1) is 0 Å². The SMILES string of the molecule is O=C(CNc1cccc(Cl)c1N1CCOCC1)Nc1ccc(F)c(F)c1. The van der Waals surface area contributed by atoms with Crippen molar-refractivity contribution in [3.63, 3.8) is 0 Å². The van der Waals surface area contributed by atoms with Crippen molar-refractivity contribution in [3.8, 4) is 0 Å². The third-order valence-electron chi connectivity index (χ3n) is 3.96. The number of amides is 1. The minimum absolute atomic E-state index is 0.0450. The number of para-hydroxylation sites is 1. The number of carbonyl (C=O) groups excluding carboxylic acids is 1. The Hall–Kier alpha value is -2.38. The van der Waals surface area contributed by atoms with Gasteiger partial charge in [0, 0.05) is 24.8 Å². The van der Waals surface area contributed by atoms with E-state index >= 15 is 0 Å². The molecule has 0 spiro atoms. The molecule has 1 fully saturated rings. The predicted octanol–water partition coefficient (Wildman–Crippen LogP) is 3.51. The summed E-state index contributed by atoms with van der Waals surface area (Å²) in [6.07, 6.45) is 0. The van der Waals surface area contributed by atoms with E-state index in [9.17, 15) is 13.6 Å². The normalized spacial score (nSPS) is 14.2. The third-order valence-corrected chi connectivity index (χ3v) is 4.26. The Kier molecular flexibility index (Phi) is 5.90. The molecule has 1 amide bonds. The molecule has 0 saturated carbocycles.